The van der Waals surface area contributed by atoms with E-state index in [1.807, 2.05) is 6.92 Å². The van der Waals surface area contributed by atoms with Gasteiger partial charge in [0.25, 0.3) is 0 Å². The molecule has 1 aromatic rings. The summed E-state index contributed by atoms with van der Waals surface area (Å²) >= 11 is 3.27. The molecule has 5 nitrogen and oxygen atoms in total. The van der Waals surface area contributed by atoms with E-state index in [1.165, 1.54) is 0 Å². The van der Waals surface area contributed by atoms with E-state index in [1.54, 1.807) is 24.2 Å². The quantitative estimate of drug-likeness (QED) is 0.876. The number of aromatic nitrogens is 1. The van der Waals surface area contributed by atoms with E-state index < -0.39 is 0 Å². The van der Waals surface area contributed by atoms with Gasteiger partial charge in [0.05, 0.1) is 12.2 Å². The topological polar surface area (TPSA) is 71.2 Å². The van der Waals surface area contributed by atoms with Crippen molar-refractivity contribution in [3.8, 4) is 0 Å². The first-order valence-electron chi connectivity index (χ1n) is 4.93. The number of nitrogens with zero attached hydrogens (tertiary/aromatic N) is 2. The van der Waals surface area contributed by atoms with Gasteiger partial charge in [0, 0.05) is 24.3 Å². The second kappa shape index (κ2) is 5.69. The lowest BCUT2D eigenvalue weighted by Gasteiger charge is -2.15. The summed E-state index contributed by atoms with van der Waals surface area (Å²) in [7, 11) is 1.75. The van der Waals surface area contributed by atoms with Crippen LogP contribution in [0.25, 0.3) is 0 Å². The third kappa shape index (κ3) is 3.37. The predicted octanol–water partition coefficient (Wildman–Crippen LogP) is 1.32. The average molecular weight is 287 g/mol. The van der Waals surface area contributed by atoms with Crippen LogP contribution in [0, 0.1) is 0 Å². The third-order valence-corrected chi connectivity index (χ3v) is 2.62. The molecule has 0 aliphatic carbocycles. The van der Waals surface area contributed by atoms with Gasteiger partial charge in [-0.15, -0.1) is 0 Å². The lowest BCUT2D eigenvalue weighted by atomic mass is 10.4. The first kappa shape index (κ1) is 12.8. The lowest BCUT2D eigenvalue weighted by molar-refractivity contribution is -0.127. The first-order chi connectivity index (χ1) is 7.54. The van der Waals surface area contributed by atoms with Crippen molar-refractivity contribution in [3.63, 3.8) is 0 Å². The Bertz CT molecular complexity index is 383. The van der Waals surface area contributed by atoms with E-state index in [9.17, 15) is 4.79 Å². The average Bonchev–Trinajstić information content (AvgIpc) is 2.26. The number of carbonyl (C=O) groups excluding carboxylic acids is 1. The molecule has 0 radical (unpaired) electrons. The number of carbonyl (C=O) groups is 1. The van der Waals surface area contributed by atoms with E-state index in [4.69, 9.17) is 5.73 Å². The number of pyridine rings is 1. The number of nitrogens with one attached hydrogen (secondary N) is 1. The molecule has 1 rings (SSSR count). The lowest BCUT2D eigenvalue weighted by Crippen LogP contribution is -2.32. The molecule has 0 aromatic carbocycles. The fourth-order valence-corrected chi connectivity index (χ4v) is 1.42. The summed E-state index contributed by atoms with van der Waals surface area (Å²) in [6.45, 7) is 2.80. The molecule has 0 fully saturated rings. The van der Waals surface area contributed by atoms with Gasteiger partial charge in [-0.25, -0.2) is 4.98 Å². The van der Waals surface area contributed by atoms with Gasteiger partial charge in [0.15, 0.2) is 0 Å². The van der Waals surface area contributed by atoms with Crippen LogP contribution in [0.15, 0.2) is 16.7 Å². The minimum atomic E-state index is 0.00613. The molecule has 1 aromatic heterocycles. The molecule has 0 saturated carbocycles. The number of likely N-dealkylation sites (N-methyl/N-ethyl adjacent to an activating group) is 1. The van der Waals surface area contributed by atoms with E-state index in [0.29, 0.717) is 18.1 Å². The van der Waals surface area contributed by atoms with Crippen molar-refractivity contribution in [2.75, 3.05) is 31.2 Å². The number of hydrogen-bond acceptors (Lipinski definition) is 4. The summed E-state index contributed by atoms with van der Waals surface area (Å²) in [6, 6.07) is 1.74. The molecular weight excluding hydrogens is 272 g/mol. The predicted molar refractivity (Wildman–Crippen MR) is 68.2 cm³/mol. The highest BCUT2D eigenvalue weighted by atomic mass is 79.9. The van der Waals surface area contributed by atoms with Crippen LogP contribution in [0.1, 0.15) is 6.92 Å². The van der Waals surface area contributed by atoms with Crippen molar-refractivity contribution in [1.29, 1.82) is 0 Å². The number of nitrogens with two attached hydrogens (primary N) is 1. The molecule has 0 saturated heterocycles. The van der Waals surface area contributed by atoms with Gasteiger partial charge >= 0.3 is 0 Å². The maximum Gasteiger partial charge on any atom is 0.241 e. The second-order valence-corrected chi connectivity index (χ2v) is 4.27. The van der Waals surface area contributed by atoms with Gasteiger partial charge in [0.1, 0.15) is 5.82 Å². The van der Waals surface area contributed by atoms with Crippen molar-refractivity contribution < 1.29 is 4.79 Å². The highest BCUT2D eigenvalue weighted by Crippen LogP contribution is 2.19. The van der Waals surface area contributed by atoms with Gasteiger partial charge in [-0.1, -0.05) is 0 Å². The molecule has 1 amide bonds. The number of amides is 1. The van der Waals surface area contributed by atoms with Crippen molar-refractivity contribution in [3.05, 3.63) is 16.7 Å². The minimum absolute atomic E-state index is 0.00613. The van der Waals surface area contributed by atoms with Crippen molar-refractivity contribution >= 4 is 33.3 Å². The van der Waals surface area contributed by atoms with Crippen LogP contribution < -0.4 is 11.1 Å². The van der Waals surface area contributed by atoms with Crippen molar-refractivity contribution in [2.45, 2.75) is 6.92 Å². The number of hydrogen-bond donors (Lipinski definition) is 2. The van der Waals surface area contributed by atoms with E-state index in [0.717, 1.165) is 4.47 Å². The van der Waals surface area contributed by atoms with Crippen LogP contribution in [0.5, 0.6) is 0 Å². The van der Waals surface area contributed by atoms with E-state index in [2.05, 4.69) is 26.2 Å². The molecule has 0 aliphatic heterocycles. The van der Waals surface area contributed by atoms with E-state index >= 15 is 0 Å². The van der Waals surface area contributed by atoms with Crippen molar-refractivity contribution in [2.24, 2.45) is 0 Å². The normalized spacial score (nSPS) is 9.94. The molecule has 6 heteroatoms. The standard InChI is InChI=1S/C10H15BrN4O/c1-3-15(2)9(16)6-14-10-8(12)4-7(11)5-13-10/h4-5H,3,6,12H2,1-2H3,(H,13,14). The molecule has 0 atom stereocenters. The van der Waals surface area contributed by atoms with E-state index in [-0.39, 0.29) is 12.5 Å². The molecule has 0 aliphatic rings. The molecule has 3 N–H and O–H groups in total. The highest BCUT2D eigenvalue weighted by molar-refractivity contribution is 9.10. The summed E-state index contributed by atoms with van der Waals surface area (Å²) in [5.41, 5.74) is 6.25. The van der Waals surface area contributed by atoms with Crippen LogP contribution in [-0.2, 0) is 4.79 Å². The summed E-state index contributed by atoms with van der Waals surface area (Å²) in [5.74, 6) is 0.535. The fraction of sp³-hybridized carbons (Fsp3) is 0.400. The summed E-state index contributed by atoms with van der Waals surface area (Å²) < 4.78 is 0.813. The molecule has 1 heterocycles. The summed E-state index contributed by atoms with van der Waals surface area (Å²) in [5, 5.41) is 2.91. The molecule has 16 heavy (non-hydrogen) atoms. The number of nitrogen functional groups attached to an aromatic ring is 1. The van der Waals surface area contributed by atoms with Gasteiger partial charge in [-0.2, -0.15) is 0 Å². The van der Waals surface area contributed by atoms with Crippen LogP contribution in [0.4, 0.5) is 11.5 Å². The Morgan fingerprint density at radius 1 is 1.69 bits per heavy atom. The zero-order valence-corrected chi connectivity index (χ0v) is 10.9. The molecule has 0 bridgehead atoms. The number of halogens is 1. The number of rotatable bonds is 4. The Balaban J connectivity index is 2.58. The summed E-state index contributed by atoms with van der Waals surface area (Å²) in [4.78, 5) is 17.2. The van der Waals surface area contributed by atoms with Crippen molar-refractivity contribution in [1.82, 2.24) is 9.88 Å². The van der Waals surface area contributed by atoms with Gasteiger partial charge < -0.3 is 16.0 Å². The number of anilines is 2. The third-order valence-electron chi connectivity index (χ3n) is 2.19. The maximum absolute atomic E-state index is 11.5. The zero-order chi connectivity index (χ0) is 12.1. The second-order valence-electron chi connectivity index (χ2n) is 3.35. The fourth-order valence-electron chi connectivity index (χ4n) is 1.07. The molecular formula is C10H15BrN4O. The minimum Gasteiger partial charge on any atom is -0.396 e. The zero-order valence-electron chi connectivity index (χ0n) is 9.33. The van der Waals surface area contributed by atoms with Crippen LogP contribution >= 0.6 is 15.9 Å². The Hall–Kier alpha value is -1.30. The maximum atomic E-state index is 11.5. The van der Waals surface area contributed by atoms with Gasteiger partial charge in [0.2, 0.25) is 5.91 Å². The highest BCUT2D eigenvalue weighted by Gasteiger charge is 2.07. The Kier molecular flexibility index (Phi) is 4.54. The summed E-state index contributed by atoms with van der Waals surface area (Å²) in [6.07, 6.45) is 1.63. The molecule has 0 unspecified atom stereocenters. The Morgan fingerprint density at radius 3 is 2.94 bits per heavy atom. The van der Waals surface area contributed by atoms with Crippen LogP contribution in [0.3, 0.4) is 0 Å². The van der Waals surface area contributed by atoms with Gasteiger partial charge in [-0.05, 0) is 28.9 Å². The smallest absolute Gasteiger partial charge is 0.241 e. The molecule has 88 valence electrons. The Morgan fingerprint density at radius 2 is 2.38 bits per heavy atom. The SMILES string of the molecule is CCN(C)C(=O)CNc1ncc(Br)cc1N. The van der Waals surface area contributed by atoms with Crippen LogP contribution in [-0.4, -0.2) is 35.9 Å². The molecule has 0 spiro atoms. The largest absolute Gasteiger partial charge is 0.396 e. The van der Waals surface area contributed by atoms with Gasteiger partial charge in [-0.3, -0.25) is 4.79 Å². The van der Waals surface area contributed by atoms with Crippen LogP contribution in [0.2, 0.25) is 0 Å². The monoisotopic (exact) mass is 286 g/mol. The Labute approximate surface area is 103 Å². The first-order valence-corrected chi connectivity index (χ1v) is 5.72.